The van der Waals surface area contributed by atoms with Crippen molar-refractivity contribution < 1.29 is 14.3 Å². The zero-order valence-electron chi connectivity index (χ0n) is 20.6. The van der Waals surface area contributed by atoms with Crippen LogP contribution in [0.25, 0.3) is 21.9 Å². The zero-order valence-corrected chi connectivity index (χ0v) is 20.6. The molecule has 0 spiro atoms. The van der Waals surface area contributed by atoms with Gasteiger partial charge < -0.3 is 25.6 Å². The Labute approximate surface area is 212 Å². The van der Waals surface area contributed by atoms with E-state index in [0.29, 0.717) is 52.3 Å². The highest BCUT2D eigenvalue weighted by Gasteiger charge is 2.28. The Morgan fingerprint density at radius 1 is 1.24 bits per heavy atom. The molecule has 1 aliphatic heterocycles. The molecular formula is C25H27N9O3. The summed E-state index contributed by atoms with van der Waals surface area (Å²) in [4.78, 5) is 40.6. The Hall–Kier alpha value is -4.74. The average Bonchev–Trinajstić information content (AvgIpc) is 3.29. The van der Waals surface area contributed by atoms with Crippen molar-refractivity contribution in [2.24, 2.45) is 0 Å². The van der Waals surface area contributed by atoms with Gasteiger partial charge >= 0.3 is 6.09 Å². The highest BCUT2D eigenvalue weighted by atomic mass is 16.6. The van der Waals surface area contributed by atoms with Crippen LogP contribution in [0.4, 0.5) is 22.1 Å². The van der Waals surface area contributed by atoms with Crippen LogP contribution < -0.4 is 15.8 Å². The standard InChI is InChI=1S/C25H27N9O3/c1-4-19(35)33-12-6-7-15(13-33)34-24-20(22(26)28-14-29-24)23(31-34)30-17-9-10-18(37-25(36)32(2)3)16-8-5-11-27-21(16)17/h4-5,8-11,14-15H,1,6-7,12-13H2,2-3H3,(H,30,31)(H2,26,28,29). The molecule has 4 aromatic rings. The molecule has 1 aromatic carbocycles. The smallest absolute Gasteiger partial charge is 0.409 e. The number of anilines is 3. The van der Waals surface area contributed by atoms with Gasteiger partial charge in [-0.15, -0.1) is 0 Å². The lowest BCUT2D eigenvalue weighted by molar-refractivity contribution is -0.127. The summed E-state index contributed by atoms with van der Waals surface area (Å²) in [5.74, 6) is 1.02. The third kappa shape index (κ3) is 4.48. The minimum absolute atomic E-state index is 0.0901. The predicted octanol–water partition coefficient (Wildman–Crippen LogP) is 3.11. The van der Waals surface area contributed by atoms with E-state index in [1.165, 1.54) is 17.3 Å². The van der Waals surface area contributed by atoms with Crippen LogP contribution in [0.15, 0.2) is 49.4 Å². The monoisotopic (exact) mass is 501 g/mol. The highest BCUT2D eigenvalue weighted by Crippen LogP contribution is 2.36. The number of nitrogens with two attached hydrogens (primary N) is 1. The van der Waals surface area contributed by atoms with Gasteiger partial charge in [-0.3, -0.25) is 9.78 Å². The van der Waals surface area contributed by atoms with Gasteiger partial charge in [0.1, 0.15) is 23.3 Å². The molecule has 3 aromatic heterocycles. The normalized spacial score (nSPS) is 15.5. The van der Waals surface area contributed by atoms with Crippen molar-refractivity contribution in [3.8, 4) is 5.75 Å². The summed E-state index contributed by atoms with van der Waals surface area (Å²) in [6.07, 6.45) is 5.56. The molecule has 0 aliphatic carbocycles. The summed E-state index contributed by atoms with van der Waals surface area (Å²) in [6.45, 7) is 4.76. The van der Waals surface area contributed by atoms with Crippen LogP contribution in [0.5, 0.6) is 5.75 Å². The van der Waals surface area contributed by atoms with Crippen molar-refractivity contribution in [3.05, 3.63) is 49.4 Å². The second-order valence-electron chi connectivity index (χ2n) is 8.93. The Morgan fingerprint density at radius 3 is 2.86 bits per heavy atom. The van der Waals surface area contributed by atoms with Gasteiger partial charge in [-0.1, -0.05) is 6.58 Å². The van der Waals surface area contributed by atoms with Crippen LogP contribution in [-0.4, -0.2) is 73.7 Å². The molecule has 0 radical (unpaired) electrons. The van der Waals surface area contributed by atoms with E-state index in [1.807, 2.05) is 6.07 Å². The molecular weight excluding hydrogens is 474 g/mol. The number of pyridine rings is 1. The molecule has 1 saturated heterocycles. The van der Waals surface area contributed by atoms with Crippen LogP contribution in [0.2, 0.25) is 0 Å². The number of benzene rings is 1. The van der Waals surface area contributed by atoms with E-state index in [0.717, 1.165) is 12.8 Å². The van der Waals surface area contributed by atoms with Gasteiger partial charge in [0.25, 0.3) is 0 Å². The number of hydrogen-bond donors (Lipinski definition) is 2. The second-order valence-corrected chi connectivity index (χ2v) is 8.93. The van der Waals surface area contributed by atoms with E-state index >= 15 is 0 Å². The summed E-state index contributed by atoms with van der Waals surface area (Å²) < 4.78 is 7.33. The number of piperidine rings is 1. The Morgan fingerprint density at radius 2 is 2.08 bits per heavy atom. The van der Waals surface area contributed by atoms with Gasteiger partial charge in [0.15, 0.2) is 11.5 Å². The fourth-order valence-corrected chi connectivity index (χ4v) is 4.47. The maximum Gasteiger partial charge on any atom is 0.414 e. The summed E-state index contributed by atoms with van der Waals surface area (Å²) >= 11 is 0. The van der Waals surface area contributed by atoms with Gasteiger partial charge in [-0.05, 0) is 43.2 Å². The minimum Gasteiger partial charge on any atom is -0.409 e. The number of ether oxygens (including phenoxy) is 1. The zero-order chi connectivity index (χ0) is 26.1. The van der Waals surface area contributed by atoms with Crippen molar-refractivity contribution in [2.75, 3.05) is 38.2 Å². The lowest BCUT2D eigenvalue weighted by Gasteiger charge is -2.32. The second kappa shape index (κ2) is 9.72. The van der Waals surface area contributed by atoms with Crippen molar-refractivity contribution in [2.45, 2.75) is 18.9 Å². The lowest BCUT2D eigenvalue weighted by atomic mass is 10.1. The van der Waals surface area contributed by atoms with Gasteiger partial charge in [0.2, 0.25) is 5.91 Å². The number of amides is 2. The van der Waals surface area contributed by atoms with Crippen molar-refractivity contribution in [3.63, 3.8) is 0 Å². The first-order valence-electron chi connectivity index (χ1n) is 11.8. The first kappa shape index (κ1) is 24.0. The molecule has 2 amide bonds. The van der Waals surface area contributed by atoms with Gasteiger partial charge in [-0.2, -0.15) is 5.10 Å². The third-order valence-electron chi connectivity index (χ3n) is 6.29. The van der Waals surface area contributed by atoms with E-state index in [4.69, 9.17) is 15.6 Å². The summed E-state index contributed by atoms with van der Waals surface area (Å²) in [5, 5.41) is 9.39. The molecule has 1 aliphatic rings. The minimum atomic E-state index is -0.489. The Balaban J connectivity index is 1.55. The molecule has 4 heterocycles. The molecule has 0 saturated carbocycles. The predicted molar refractivity (Wildman–Crippen MR) is 140 cm³/mol. The highest BCUT2D eigenvalue weighted by molar-refractivity contribution is 6.02. The van der Waals surface area contributed by atoms with E-state index in [9.17, 15) is 9.59 Å². The maximum atomic E-state index is 12.2. The topological polar surface area (TPSA) is 144 Å². The van der Waals surface area contributed by atoms with E-state index in [2.05, 4.69) is 26.8 Å². The molecule has 12 heteroatoms. The molecule has 1 fully saturated rings. The first-order valence-corrected chi connectivity index (χ1v) is 11.8. The fourth-order valence-electron chi connectivity index (χ4n) is 4.47. The van der Waals surface area contributed by atoms with Crippen molar-refractivity contribution >= 4 is 51.3 Å². The molecule has 0 bridgehead atoms. The maximum absolute atomic E-state index is 12.2. The van der Waals surface area contributed by atoms with Crippen LogP contribution in [0.3, 0.4) is 0 Å². The number of aromatic nitrogens is 5. The quantitative estimate of drug-likeness (QED) is 0.394. The summed E-state index contributed by atoms with van der Waals surface area (Å²) in [5.41, 5.74) is 8.07. The van der Waals surface area contributed by atoms with Crippen LogP contribution in [-0.2, 0) is 4.79 Å². The van der Waals surface area contributed by atoms with Crippen molar-refractivity contribution in [1.29, 1.82) is 0 Å². The number of carbonyl (C=O) groups excluding carboxylic acids is 2. The number of fused-ring (bicyclic) bond motifs is 2. The SMILES string of the molecule is C=CC(=O)N1CCCC(n2nc(Nc3ccc(OC(=O)N(C)C)c4cccnc34)c3c(N)ncnc32)C1. The number of nitrogens with zero attached hydrogens (tertiary/aromatic N) is 7. The van der Waals surface area contributed by atoms with E-state index in [-0.39, 0.29) is 17.8 Å². The average molecular weight is 502 g/mol. The number of nitrogen functional groups attached to an aromatic ring is 1. The molecule has 5 rings (SSSR count). The van der Waals surface area contributed by atoms with E-state index < -0.39 is 6.09 Å². The largest absolute Gasteiger partial charge is 0.414 e. The Kier molecular flexibility index (Phi) is 6.30. The lowest BCUT2D eigenvalue weighted by Crippen LogP contribution is -2.40. The first-order chi connectivity index (χ1) is 17.9. The van der Waals surface area contributed by atoms with Gasteiger partial charge in [0.05, 0.1) is 17.2 Å². The molecule has 190 valence electrons. The molecule has 1 atom stereocenters. The van der Waals surface area contributed by atoms with Crippen LogP contribution in [0, 0.1) is 0 Å². The third-order valence-corrected chi connectivity index (χ3v) is 6.29. The van der Waals surface area contributed by atoms with E-state index in [1.54, 1.807) is 48.1 Å². The molecule has 1 unspecified atom stereocenters. The fraction of sp³-hybridized carbons (Fsp3) is 0.280. The van der Waals surface area contributed by atoms with Crippen molar-refractivity contribution in [1.82, 2.24) is 34.5 Å². The van der Waals surface area contributed by atoms with Gasteiger partial charge in [-0.25, -0.2) is 19.4 Å². The Bertz CT molecular complexity index is 1510. The molecule has 3 N–H and O–H groups in total. The number of rotatable bonds is 5. The number of likely N-dealkylation sites (tertiary alicyclic amines) is 1. The molecule has 37 heavy (non-hydrogen) atoms. The number of hydrogen-bond acceptors (Lipinski definition) is 9. The number of nitrogens with one attached hydrogen (secondary N) is 1. The summed E-state index contributed by atoms with van der Waals surface area (Å²) in [6, 6.07) is 6.98. The van der Waals surface area contributed by atoms with Crippen LogP contribution >= 0.6 is 0 Å². The van der Waals surface area contributed by atoms with Gasteiger partial charge in [0, 0.05) is 38.8 Å². The van der Waals surface area contributed by atoms with Crippen LogP contribution in [0.1, 0.15) is 18.9 Å². The molecule has 12 nitrogen and oxygen atoms in total. The summed E-state index contributed by atoms with van der Waals surface area (Å²) in [7, 11) is 3.23. The number of carbonyl (C=O) groups is 2.